The standard InChI is InChI=1S/C9H18N2O2/c1-3-7(10)8(12)11-5-9(13,4-2)6-11/h7,13H,3-6,10H2,1-2H3/t7-/m1/s1. The number of likely N-dealkylation sites (tertiary alicyclic amines) is 1. The van der Waals surface area contributed by atoms with Crippen LogP contribution in [0.15, 0.2) is 0 Å². The Balaban J connectivity index is 2.39. The molecule has 1 aliphatic heterocycles. The molecule has 0 unspecified atom stereocenters. The van der Waals surface area contributed by atoms with Crippen molar-refractivity contribution < 1.29 is 9.90 Å². The molecule has 4 heteroatoms. The summed E-state index contributed by atoms with van der Waals surface area (Å²) in [6.45, 7) is 4.68. The van der Waals surface area contributed by atoms with E-state index in [0.29, 0.717) is 25.9 Å². The van der Waals surface area contributed by atoms with Crippen molar-refractivity contribution in [2.24, 2.45) is 5.73 Å². The zero-order chi connectivity index (χ0) is 10.1. The third-order valence-electron chi connectivity index (χ3n) is 2.70. The van der Waals surface area contributed by atoms with Gasteiger partial charge in [-0.1, -0.05) is 13.8 Å². The van der Waals surface area contributed by atoms with Crippen LogP contribution in [0.5, 0.6) is 0 Å². The van der Waals surface area contributed by atoms with E-state index >= 15 is 0 Å². The average Bonchev–Trinajstić information content (AvgIpc) is 2.10. The summed E-state index contributed by atoms with van der Waals surface area (Å²) in [4.78, 5) is 13.1. The van der Waals surface area contributed by atoms with Crippen LogP contribution in [0.1, 0.15) is 26.7 Å². The van der Waals surface area contributed by atoms with Crippen LogP contribution in [0.3, 0.4) is 0 Å². The Kier molecular flexibility index (Phi) is 2.93. The summed E-state index contributed by atoms with van der Waals surface area (Å²) in [6, 6.07) is -0.401. The number of nitrogens with two attached hydrogens (primary N) is 1. The number of carbonyl (C=O) groups is 1. The SMILES string of the molecule is CC[C@@H](N)C(=O)N1CC(O)(CC)C1. The monoisotopic (exact) mass is 186 g/mol. The lowest BCUT2D eigenvalue weighted by molar-refractivity contribution is -0.157. The van der Waals surface area contributed by atoms with Gasteiger partial charge in [-0.05, 0) is 12.8 Å². The lowest BCUT2D eigenvalue weighted by Crippen LogP contribution is -2.65. The second-order valence-electron chi connectivity index (χ2n) is 3.79. The molecule has 1 fully saturated rings. The molecule has 0 aromatic rings. The van der Waals surface area contributed by atoms with Crippen LogP contribution in [-0.4, -0.2) is 40.6 Å². The number of β-amino-alcohol motifs (C(OH)–C–C–N with tert-alkyl or cyclic N) is 1. The Morgan fingerprint density at radius 3 is 2.54 bits per heavy atom. The van der Waals surface area contributed by atoms with Crippen LogP contribution in [-0.2, 0) is 4.79 Å². The second-order valence-corrected chi connectivity index (χ2v) is 3.79. The summed E-state index contributed by atoms with van der Waals surface area (Å²) in [6.07, 6.45) is 1.35. The number of nitrogens with zero attached hydrogens (tertiary/aromatic N) is 1. The first-order chi connectivity index (χ1) is 6.02. The number of amides is 1. The highest BCUT2D eigenvalue weighted by molar-refractivity contribution is 5.82. The molecule has 1 heterocycles. The van der Waals surface area contributed by atoms with Crippen molar-refractivity contribution >= 4 is 5.91 Å². The summed E-state index contributed by atoms with van der Waals surface area (Å²) >= 11 is 0. The molecule has 1 rings (SSSR count). The van der Waals surface area contributed by atoms with Crippen molar-refractivity contribution in [2.45, 2.75) is 38.3 Å². The van der Waals surface area contributed by atoms with Gasteiger partial charge in [0.25, 0.3) is 0 Å². The minimum absolute atomic E-state index is 0.0411. The second kappa shape index (κ2) is 3.64. The first-order valence-corrected chi connectivity index (χ1v) is 4.79. The Hall–Kier alpha value is -0.610. The molecule has 76 valence electrons. The molecule has 1 amide bonds. The number of aliphatic hydroxyl groups is 1. The van der Waals surface area contributed by atoms with Gasteiger partial charge in [0.15, 0.2) is 0 Å². The molecular weight excluding hydrogens is 168 g/mol. The highest BCUT2D eigenvalue weighted by Gasteiger charge is 2.42. The smallest absolute Gasteiger partial charge is 0.239 e. The zero-order valence-corrected chi connectivity index (χ0v) is 8.29. The molecule has 0 radical (unpaired) electrons. The van der Waals surface area contributed by atoms with Gasteiger partial charge in [-0.15, -0.1) is 0 Å². The molecule has 0 spiro atoms. The Morgan fingerprint density at radius 1 is 1.62 bits per heavy atom. The molecule has 0 aromatic heterocycles. The molecule has 0 saturated carbocycles. The van der Waals surface area contributed by atoms with Crippen LogP contribution in [0.25, 0.3) is 0 Å². The first-order valence-electron chi connectivity index (χ1n) is 4.79. The maximum Gasteiger partial charge on any atom is 0.239 e. The van der Waals surface area contributed by atoms with Gasteiger partial charge < -0.3 is 15.7 Å². The van der Waals surface area contributed by atoms with Crippen LogP contribution in [0.4, 0.5) is 0 Å². The zero-order valence-electron chi connectivity index (χ0n) is 8.29. The predicted octanol–water partition coefficient (Wildman–Crippen LogP) is -0.293. The van der Waals surface area contributed by atoms with E-state index in [1.165, 1.54) is 0 Å². The molecule has 13 heavy (non-hydrogen) atoms. The molecule has 1 atom stereocenters. The molecule has 0 aliphatic carbocycles. The first kappa shape index (κ1) is 10.5. The fourth-order valence-corrected chi connectivity index (χ4v) is 1.45. The topological polar surface area (TPSA) is 66.6 Å². The largest absolute Gasteiger partial charge is 0.386 e. The number of hydrogen-bond acceptors (Lipinski definition) is 3. The van der Waals surface area contributed by atoms with Gasteiger partial charge in [-0.25, -0.2) is 0 Å². The van der Waals surface area contributed by atoms with Gasteiger partial charge in [0.2, 0.25) is 5.91 Å². The van der Waals surface area contributed by atoms with Crippen LogP contribution in [0.2, 0.25) is 0 Å². The normalized spacial score (nSPS) is 22.3. The van der Waals surface area contributed by atoms with Crippen LogP contribution < -0.4 is 5.73 Å². The van der Waals surface area contributed by atoms with Gasteiger partial charge in [-0.2, -0.15) is 0 Å². The molecule has 3 N–H and O–H groups in total. The summed E-state index contributed by atoms with van der Waals surface area (Å²) in [5, 5.41) is 9.66. The molecular formula is C9H18N2O2. The van der Waals surface area contributed by atoms with E-state index < -0.39 is 11.6 Å². The summed E-state index contributed by atoms with van der Waals surface area (Å²) in [5.41, 5.74) is 4.93. The maximum absolute atomic E-state index is 11.4. The Bertz CT molecular complexity index is 200. The fourth-order valence-electron chi connectivity index (χ4n) is 1.45. The maximum atomic E-state index is 11.4. The molecule has 0 bridgehead atoms. The van der Waals surface area contributed by atoms with Crippen LogP contribution in [0, 0.1) is 0 Å². The number of hydrogen-bond donors (Lipinski definition) is 2. The van der Waals surface area contributed by atoms with Crippen molar-refractivity contribution in [2.75, 3.05) is 13.1 Å². The van der Waals surface area contributed by atoms with Gasteiger partial charge in [0.05, 0.1) is 24.7 Å². The highest BCUT2D eigenvalue weighted by atomic mass is 16.3. The van der Waals surface area contributed by atoms with Gasteiger partial charge >= 0.3 is 0 Å². The number of carbonyl (C=O) groups excluding carboxylic acids is 1. The third-order valence-corrected chi connectivity index (χ3v) is 2.70. The van der Waals surface area contributed by atoms with Crippen molar-refractivity contribution in [1.29, 1.82) is 0 Å². The summed E-state index contributed by atoms with van der Waals surface area (Å²) in [5.74, 6) is -0.0411. The van der Waals surface area contributed by atoms with E-state index in [2.05, 4.69) is 0 Å². The lowest BCUT2D eigenvalue weighted by atomic mass is 9.90. The van der Waals surface area contributed by atoms with E-state index in [1.54, 1.807) is 4.90 Å². The minimum atomic E-state index is -0.650. The average molecular weight is 186 g/mol. The predicted molar refractivity (Wildman–Crippen MR) is 50.1 cm³/mol. The Labute approximate surface area is 78.7 Å². The van der Waals surface area contributed by atoms with Gasteiger partial charge in [0, 0.05) is 0 Å². The highest BCUT2D eigenvalue weighted by Crippen LogP contribution is 2.24. The van der Waals surface area contributed by atoms with E-state index in [0.717, 1.165) is 0 Å². The molecule has 1 aliphatic rings. The fraction of sp³-hybridized carbons (Fsp3) is 0.889. The van der Waals surface area contributed by atoms with Crippen molar-refractivity contribution in [1.82, 2.24) is 4.90 Å². The molecule has 0 aromatic carbocycles. The molecule has 4 nitrogen and oxygen atoms in total. The van der Waals surface area contributed by atoms with Gasteiger partial charge in [0.1, 0.15) is 0 Å². The van der Waals surface area contributed by atoms with Crippen molar-refractivity contribution in [3.63, 3.8) is 0 Å². The molecule has 1 saturated heterocycles. The van der Waals surface area contributed by atoms with E-state index in [-0.39, 0.29) is 5.91 Å². The van der Waals surface area contributed by atoms with Crippen molar-refractivity contribution in [3.05, 3.63) is 0 Å². The summed E-state index contributed by atoms with van der Waals surface area (Å²) < 4.78 is 0. The van der Waals surface area contributed by atoms with E-state index in [4.69, 9.17) is 5.73 Å². The van der Waals surface area contributed by atoms with Crippen molar-refractivity contribution in [3.8, 4) is 0 Å². The van der Waals surface area contributed by atoms with Gasteiger partial charge in [-0.3, -0.25) is 4.79 Å². The van der Waals surface area contributed by atoms with E-state index in [1.807, 2.05) is 13.8 Å². The Morgan fingerprint density at radius 2 is 2.15 bits per heavy atom. The minimum Gasteiger partial charge on any atom is -0.386 e. The van der Waals surface area contributed by atoms with E-state index in [9.17, 15) is 9.90 Å². The summed E-state index contributed by atoms with van der Waals surface area (Å²) in [7, 11) is 0. The quantitative estimate of drug-likeness (QED) is 0.636. The number of rotatable bonds is 3. The lowest BCUT2D eigenvalue weighted by Gasteiger charge is -2.46. The van der Waals surface area contributed by atoms with Crippen LogP contribution >= 0.6 is 0 Å². The third kappa shape index (κ3) is 2.00.